The molecule has 0 saturated carbocycles. The summed E-state index contributed by atoms with van der Waals surface area (Å²) in [5.74, 6) is 0.267. The van der Waals surface area contributed by atoms with Crippen molar-refractivity contribution in [2.45, 2.75) is 20.4 Å². The number of carbonyl (C=O) groups is 3. The number of ether oxygens (including phenoxy) is 2. The van der Waals surface area contributed by atoms with Crippen molar-refractivity contribution in [3.63, 3.8) is 0 Å². The third kappa shape index (κ3) is 6.92. The van der Waals surface area contributed by atoms with Crippen molar-refractivity contribution in [2.24, 2.45) is 0 Å². The average molecular weight is 628 g/mol. The van der Waals surface area contributed by atoms with Gasteiger partial charge in [0.15, 0.2) is 18.1 Å². The normalized spacial score (nSPS) is 14.2. The van der Waals surface area contributed by atoms with Crippen LogP contribution in [0.2, 0.25) is 0 Å². The molecule has 0 bridgehead atoms. The fourth-order valence-electron chi connectivity index (χ4n) is 3.69. The highest BCUT2D eigenvalue weighted by molar-refractivity contribution is 14.1. The second-order valence-electron chi connectivity index (χ2n) is 8.22. The van der Waals surface area contributed by atoms with E-state index in [0.29, 0.717) is 37.8 Å². The highest BCUT2D eigenvalue weighted by Crippen LogP contribution is 2.38. The molecule has 1 N–H and O–H groups in total. The van der Waals surface area contributed by atoms with Crippen molar-refractivity contribution in [1.82, 2.24) is 4.90 Å². The molecule has 0 unspecified atom stereocenters. The summed E-state index contributed by atoms with van der Waals surface area (Å²) in [6, 6.07) is 20.5. The first-order valence-electron chi connectivity index (χ1n) is 11.6. The second kappa shape index (κ2) is 12.3. The minimum atomic E-state index is -0.333. The summed E-state index contributed by atoms with van der Waals surface area (Å²) in [5, 5.41) is 2.51. The molecular formula is C28H25IN2O5S. The number of imide groups is 1. The fraction of sp³-hybridized carbons (Fsp3) is 0.179. The largest absolute Gasteiger partial charge is 0.490 e. The van der Waals surface area contributed by atoms with Crippen LogP contribution in [0, 0.1) is 10.5 Å². The summed E-state index contributed by atoms with van der Waals surface area (Å²) in [6.07, 6.45) is 1.68. The molecule has 9 heteroatoms. The lowest BCUT2D eigenvalue weighted by Crippen LogP contribution is -2.27. The zero-order chi connectivity index (χ0) is 26.4. The Kier molecular flexibility index (Phi) is 8.88. The first-order valence-corrected chi connectivity index (χ1v) is 13.5. The van der Waals surface area contributed by atoms with E-state index in [1.165, 1.54) is 4.90 Å². The van der Waals surface area contributed by atoms with Crippen molar-refractivity contribution in [1.29, 1.82) is 0 Å². The number of nitrogens with one attached hydrogen (secondary N) is 1. The molecule has 1 heterocycles. The van der Waals surface area contributed by atoms with E-state index in [4.69, 9.17) is 9.47 Å². The van der Waals surface area contributed by atoms with E-state index in [9.17, 15) is 14.4 Å². The molecule has 37 heavy (non-hydrogen) atoms. The summed E-state index contributed by atoms with van der Waals surface area (Å²) in [6.45, 7) is 4.22. The maximum atomic E-state index is 12.9. The second-order valence-corrected chi connectivity index (χ2v) is 10.4. The Bertz CT molecular complexity index is 1360. The minimum absolute atomic E-state index is 0.193. The minimum Gasteiger partial charge on any atom is -0.490 e. The Labute approximate surface area is 233 Å². The van der Waals surface area contributed by atoms with Crippen LogP contribution in [0.25, 0.3) is 6.08 Å². The Morgan fingerprint density at radius 1 is 1.05 bits per heavy atom. The smallest absolute Gasteiger partial charge is 0.293 e. The molecule has 0 aromatic heterocycles. The third-order valence-electron chi connectivity index (χ3n) is 5.34. The van der Waals surface area contributed by atoms with Crippen LogP contribution in [-0.4, -0.2) is 35.2 Å². The predicted octanol–water partition coefficient (Wildman–Crippen LogP) is 6.25. The number of hydrogen-bond donors (Lipinski definition) is 1. The summed E-state index contributed by atoms with van der Waals surface area (Å²) < 4.78 is 12.3. The molecule has 3 amide bonds. The molecule has 1 aliphatic heterocycles. The topological polar surface area (TPSA) is 84.9 Å². The first-order chi connectivity index (χ1) is 17.8. The molecule has 1 saturated heterocycles. The number of amides is 3. The van der Waals surface area contributed by atoms with Crippen LogP contribution < -0.4 is 14.8 Å². The van der Waals surface area contributed by atoms with Gasteiger partial charge in [-0.2, -0.15) is 0 Å². The van der Waals surface area contributed by atoms with Gasteiger partial charge in [-0.25, -0.2) is 0 Å². The van der Waals surface area contributed by atoms with Crippen molar-refractivity contribution < 1.29 is 23.9 Å². The highest BCUT2D eigenvalue weighted by atomic mass is 127. The molecule has 7 nitrogen and oxygen atoms in total. The Hall–Kier alpha value is -3.31. The number of benzene rings is 3. The predicted molar refractivity (Wildman–Crippen MR) is 154 cm³/mol. The molecule has 3 aromatic rings. The van der Waals surface area contributed by atoms with Crippen molar-refractivity contribution in [3.8, 4) is 11.5 Å². The van der Waals surface area contributed by atoms with E-state index in [-0.39, 0.29) is 30.2 Å². The van der Waals surface area contributed by atoms with Crippen LogP contribution >= 0.6 is 34.4 Å². The summed E-state index contributed by atoms with van der Waals surface area (Å²) in [7, 11) is 0. The molecule has 0 aliphatic carbocycles. The molecule has 0 spiro atoms. The van der Waals surface area contributed by atoms with Gasteiger partial charge in [-0.1, -0.05) is 42.5 Å². The number of carbonyl (C=O) groups excluding carboxylic acids is 3. The molecular weight excluding hydrogens is 603 g/mol. The number of halogens is 1. The van der Waals surface area contributed by atoms with Crippen molar-refractivity contribution in [2.75, 3.05) is 18.5 Å². The van der Waals surface area contributed by atoms with Gasteiger partial charge in [-0.3, -0.25) is 19.3 Å². The van der Waals surface area contributed by atoms with Gasteiger partial charge in [0.1, 0.15) is 0 Å². The SMILES string of the molecule is CCOc1cc(/C=C2\SC(=O)N(Cc3ccccc3)C2=O)cc(I)c1OCC(=O)Nc1cccc(C)c1. The van der Waals surface area contributed by atoms with E-state index in [0.717, 1.165) is 22.9 Å². The van der Waals surface area contributed by atoms with Crippen LogP contribution in [0.3, 0.4) is 0 Å². The fourth-order valence-corrected chi connectivity index (χ4v) is 5.30. The van der Waals surface area contributed by atoms with Crippen LogP contribution in [0.5, 0.6) is 11.5 Å². The van der Waals surface area contributed by atoms with E-state index < -0.39 is 0 Å². The van der Waals surface area contributed by atoms with Gasteiger partial charge in [-0.15, -0.1) is 0 Å². The van der Waals surface area contributed by atoms with Crippen LogP contribution in [0.4, 0.5) is 10.5 Å². The number of nitrogens with zero attached hydrogens (tertiary/aromatic N) is 1. The molecule has 4 rings (SSSR count). The van der Waals surface area contributed by atoms with E-state index >= 15 is 0 Å². The zero-order valence-corrected chi connectivity index (χ0v) is 23.3. The highest BCUT2D eigenvalue weighted by Gasteiger charge is 2.35. The van der Waals surface area contributed by atoms with E-state index in [1.54, 1.807) is 12.1 Å². The van der Waals surface area contributed by atoms with Crippen LogP contribution in [0.1, 0.15) is 23.6 Å². The maximum absolute atomic E-state index is 12.9. The molecule has 3 aromatic carbocycles. The molecule has 1 fully saturated rings. The molecule has 0 atom stereocenters. The van der Waals surface area contributed by atoms with Gasteiger partial charge in [0.25, 0.3) is 17.1 Å². The molecule has 0 radical (unpaired) electrons. The average Bonchev–Trinajstić information content (AvgIpc) is 3.11. The van der Waals surface area contributed by atoms with Crippen LogP contribution in [0.15, 0.2) is 71.6 Å². The van der Waals surface area contributed by atoms with Gasteiger partial charge in [-0.05, 0) is 95.2 Å². The van der Waals surface area contributed by atoms with Gasteiger partial charge < -0.3 is 14.8 Å². The van der Waals surface area contributed by atoms with Crippen molar-refractivity contribution >= 4 is 63.2 Å². The first kappa shape index (κ1) is 26.7. The van der Waals surface area contributed by atoms with Gasteiger partial charge in [0.2, 0.25) is 0 Å². The third-order valence-corrected chi connectivity index (χ3v) is 7.04. The van der Waals surface area contributed by atoms with E-state index in [2.05, 4.69) is 27.9 Å². The summed E-state index contributed by atoms with van der Waals surface area (Å²) in [5.41, 5.74) is 3.31. The molecule has 1 aliphatic rings. The van der Waals surface area contributed by atoms with Crippen LogP contribution in [-0.2, 0) is 16.1 Å². The number of thioether (sulfide) groups is 1. The summed E-state index contributed by atoms with van der Waals surface area (Å²) in [4.78, 5) is 39.5. The Balaban J connectivity index is 1.49. The Morgan fingerprint density at radius 2 is 1.84 bits per heavy atom. The maximum Gasteiger partial charge on any atom is 0.293 e. The zero-order valence-electron chi connectivity index (χ0n) is 20.3. The van der Waals surface area contributed by atoms with E-state index in [1.807, 2.05) is 74.5 Å². The lowest BCUT2D eigenvalue weighted by molar-refractivity contribution is -0.123. The number of hydrogen-bond acceptors (Lipinski definition) is 6. The quantitative estimate of drug-likeness (QED) is 0.223. The van der Waals surface area contributed by atoms with Gasteiger partial charge >= 0.3 is 0 Å². The lowest BCUT2D eigenvalue weighted by atomic mass is 10.1. The van der Waals surface area contributed by atoms with Gasteiger partial charge in [0, 0.05) is 5.69 Å². The number of rotatable bonds is 9. The van der Waals surface area contributed by atoms with Crippen molar-refractivity contribution in [3.05, 3.63) is 91.9 Å². The Morgan fingerprint density at radius 3 is 2.57 bits per heavy atom. The molecule has 190 valence electrons. The number of anilines is 1. The summed E-state index contributed by atoms with van der Waals surface area (Å²) >= 11 is 3.02. The standard InChI is InChI=1S/C28H25IN2O5S/c1-3-35-23-14-20(15-24-27(33)31(28(34)37-24)16-19-9-5-4-6-10-19)13-22(29)26(23)36-17-25(32)30-21-11-7-8-18(2)12-21/h4-15H,3,16-17H2,1-2H3,(H,30,32)/b24-15-. The number of aryl methyl sites for hydroxylation is 1. The van der Waals surface area contributed by atoms with Gasteiger partial charge in [0.05, 0.1) is 21.6 Å². The monoisotopic (exact) mass is 628 g/mol. The lowest BCUT2D eigenvalue weighted by Gasteiger charge is -2.15.